The molecule has 0 fully saturated rings. The van der Waals surface area contributed by atoms with E-state index >= 15 is 0 Å². The van der Waals surface area contributed by atoms with E-state index in [0.29, 0.717) is 12.3 Å². The van der Waals surface area contributed by atoms with Crippen molar-refractivity contribution in [3.63, 3.8) is 0 Å². The highest BCUT2D eigenvalue weighted by molar-refractivity contribution is 5.85. The Balaban J connectivity index is 2.75. The van der Waals surface area contributed by atoms with Gasteiger partial charge in [0.25, 0.3) is 0 Å². The van der Waals surface area contributed by atoms with Crippen LogP contribution in [0, 0.1) is 11.3 Å². The first-order chi connectivity index (χ1) is 7.86. The highest BCUT2D eigenvalue weighted by atomic mass is 16.1. The van der Waals surface area contributed by atoms with Crippen LogP contribution in [0.15, 0.2) is 6.33 Å². The van der Waals surface area contributed by atoms with Gasteiger partial charge in [-0.3, -0.25) is 4.79 Å². The van der Waals surface area contributed by atoms with Crippen molar-refractivity contribution in [2.75, 3.05) is 0 Å². The summed E-state index contributed by atoms with van der Waals surface area (Å²) in [6, 6.07) is 0. The zero-order chi connectivity index (χ0) is 13.1. The number of aromatic nitrogens is 3. The molecule has 0 aliphatic rings. The second-order valence-electron chi connectivity index (χ2n) is 5.59. The molecular formula is C13H23N3O. The Morgan fingerprint density at radius 1 is 1.47 bits per heavy atom. The lowest BCUT2D eigenvalue weighted by molar-refractivity contribution is -0.126. The number of carbonyl (C=O) groups excluding carboxylic acids is 1. The first-order valence-electron chi connectivity index (χ1n) is 6.26. The summed E-state index contributed by atoms with van der Waals surface area (Å²) >= 11 is 0. The van der Waals surface area contributed by atoms with Crippen molar-refractivity contribution in [2.24, 2.45) is 11.3 Å². The monoisotopic (exact) mass is 237 g/mol. The molecule has 0 aliphatic heterocycles. The maximum atomic E-state index is 12.1. The molecule has 0 atom stereocenters. The zero-order valence-electron chi connectivity index (χ0n) is 11.5. The average Bonchev–Trinajstić information content (AvgIpc) is 2.64. The van der Waals surface area contributed by atoms with Crippen LogP contribution in [0.4, 0.5) is 0 Å². The molecule has 0 saturated carbocycles. The molecule has 0 unspecified atom stereocenters. The molecular weight excluding hydrogens is 214 g/mol. The van der Waals surface area contributed by atoms with E-state index in [-0.39, 0.29) is 11.2 Å². The van der Waals surface area contributed by atoms with Crippen LogP contribution < -0.4 is 0 Å². The fourth-order valence-electron chi connectivity index (χ4n) is 1.50. The van der Waals surface area contributed by atoms with Crippen molar-refractivity contribution in [1.82, 2.24) is 14.8 Å². The van der Waals surface area contributed by atoms with Crippen molar-refractivity contribution < 1.29 is 4.79 Å². The minimum absolute atomic E-state index is 0.234. The quantitative estimate of drug-likeness (QED) is 0.763. The first kappa shape index (κ1) is 13.9. The number of carbonyl (C=O) groups is 1. The number of hydrogen-bond acceptors (Lipinski definition) is 3. The van der Waals surface area contributed by atoms with Gasteiger partial charge in [0.2, 0.25) is 0 Å². The second kappa shape index (κ2) is 5.43. The lowest BCUT2D eigenvalue weighted by Crippen LogP contribution is -2.26. The highest BCUT2D eigenvalue weighted by Gasteiger charge is 2.26. The minimum atomic E-state index is -0.269. The molecule has 0 radical (unpaired) electrons. The van der Waals surface area contributed by atoms with E-state index in [1.165, 1.54) is 6.33 Å². The third-order valence-corrected chi connectivity index (χ3v) is 3.19. The molecule has 0 N–H and O–H groups in total. The summed E-state index contributed by atoms with van der Waals surface area (Å²) in [6.07, 6.45) is 2.77. The Morgan fingerprint density at radius 2 is 2.12 bits per heavy atom. The van der Waals surface area contributed by atoms with Gasteiger partial charge in [0.05, 0.1) is 6.42 Å². The number of hydrogen-bond donors (Lipinski definition) is 0. The zero-order valence-corrected chi connectivity index (χ0v) is 11.5. The van der Waals surface area contributed by atoms with Gasteiger partial charge in [0.1, 0.15) is 17.9 Å². The molecule has 0 saturated heterocycles. The normalized spacial score (nSPS) is 12.1. The summed E-state index contributed by atoms with van der Waals surface area (Å²) in [6.45, 7) is 11.1. The lowest BCUT2D eigenvalue weighted by atomic mass is 9.84. The maximum absolute atomic E-state index is 12.1. The van der Waals surface area contributed by atoms with Gasteiger partial charge in [0, 0.05) is 12.0 Å². The van der Waals surface area contributed by atoms with Gasteiger partial charge in [-0.25, -0.2) is 9.67 Å². The van der Waals surface area contributed by atoms with E-state index in [4.69, 9.17) is 0 Å². The topological polar surface area (TPSA) is 47.8 Å². The Kier molecular flexibility index (Phi) is 4.43. The van der Waals surface area contributed by atoms with E-state index in [9.17, 15) is 4.79 Å². The van der Waals surface area contributed by atoms with Gasteiger partial charge in [-0.15, -0.1) is 0 Å². The predicted octanol–water partition coefficient (Wildman–Crippen LogP) is 2.48. The standard InChI is InChI=1S/C13H23N3O/c1-6-13(4,5)11(17)7-12-14-9-15-16(12)8-10(2)3/h9-10H,6-8H2,1-5H3. The molecule has 1 aromatic heterocycles. The van der Waals surface area contributed by atoms with Crippen LogP contribution in [0.2, 0.25) is 0 Å². The molecule has 0 aromatic carbocycles. The van der Waals surface area contributed by atoms with Crippen molar-refractivity contribution >= 4 is 5.78 Å². The summed E-state index contributed by atoms with van der Waals surface area (Å²) in [4.78, 5) is 16.3. The Hall–Kier alpha value is -1.19. The number of ketones is 1. The van der Waals surface area contributed by atoms with E-state index in [1.54, 1.807) is 0 Å². The van der Waals surface area contributed by atoms with E-state index in [1.807, 2.05) is 25.5 Å². The van der Waals surface area contributed by atoms with Crippen LogP contribution >= 0.6 is 0 Å². The van der Waals surface area contributed by atoms with E-state index in [0.717, 1.165) is 18.8 Å². The average molecular weight is 237 g/mol. The van der Waals surface area contributed by atoms with Crippen LogP contribution in [0.3, 0.4) is 0 Å². The maximum Gasteiger partial charge on any atom is 0.146 e. The largest absolute Gasteiger partial charge is 0.299 e. The SMILES string of the molecule is CCC(C)(C)C(=O)Cc1ncnn1CC(C)C. The third-order valence-electron chi connectivity index (χ3n) is 3.19. The summed E-state index contributed by atoms with van der Waals surface area (Å²) in [5, 5.41) is 4.17. The molecule has 96 valence electrons. The molecule has 0 spiro atoms. The van der Waals surface area contributed by atoms with Gasteiger partial charge in [-0.05, 0) is 12.3 Å². The van der Waals surface area contributed by atoms with Gasteiger partial charge >= 0.3 is 0 Å². The van der Waals surface area contributed by atoms with Crippen LogP contribution in [0.1, 0.15) is 46.9 Å². The second-order valence-corrected chi connectivity index (χ2v) is 5.59. The molecule has 1 rings (SSSR count). The van der Waals surface area contributed by atoms with Gasteiger partial charge in [-0.1, -0.05) is 34.6 Å². The summed E-state index contributed by atoms with van der Waals surface area (Å²) in [5.41, 5.74) is -0.269. The minimum Gasteiger partial charge on any atom is -0.299 e. The van der Waals surface area contributed by atoms with Crippen LogP contribution in [0.5, 0.6) is 0 Å². The van der Waals surface area contributed by atoms with Crippen LogP contribution in [0.25, 0.3) is 0 Å². The summed E-state index contributed by atoms with van der Waals surface area (Å²) < 4.78 is 1.84. The Morgan fingerprint density at radius 3 is 2.65 bits per heavy atom. The third kappa shape index (κ3) is 3.65. The van der Waals surface area contributed by atoms with Gasteiger partial charge < -0.3 is 0 Å². The fraction of sp³-hybridized carbons (Fsp3) is 0.769. The molecule has 1 heterocycles. The molecule has 4 nitrogen and oxygen atoms in total. The van der Waals surface area contributed by atoms with E-state index in [2.05, 4.69) is 23.9 Å². The number of nitrogens with zero attached hydrogens (tertiary/aromatic N) is 3. The molecule has 4 heteroatoms. The molecule has 0 aliphatic carbocycles. The number of rotatable bonds is 6. The first-order valence-corrected chi connectivity index (χ1v) is 6.26. The van der Waals surface area contributed by atoms with Crippen molar-refractivity contribution in [3.8, 4) is 0 Å². The molecule has 17 heavy (non-hydrogen) atoms. The van der Waals surface area contributed by atoms with Gasteiger partial charge in [0.15, 0.2) is 0 Å². The fourth-order valence-corrected chi connectivity index (χ4v) is 1.50. The van der Waals surface area contributed by atoms with Gasteiger partial charge in [-0.2, -0.15) is 5.10 Å². The molecule has 0 amide bonds. The smallest absolute Gasteiger partial charge is 0.146 e. The molecule has 0 bridgehead atoms. The Bertz CT molecular complexity index is 380. The van der Waals surface area contributed by atoms with Crippen LogP contribution in [-0.2, 0) is 17.8 Å². The van der Waals surface area contributed by atoms with Crippen molar-refractivity contribution in [3.05, 3.63) is 12.2 Å². The highest BCUT2D eigenvalue weighted by Crippen LogP contribution is 2.22. The summed E-state index contributed by atoms with van der Waals surface area (Å²) in [7, 11) is 0. The summed E-state index contributed by atoms with van der Waals surface area (Å²) in [5.74, 6) is 1.52. The van der Waals surface area contributed by atoms with E-state index < -0.39 is 0 Å². The number of Topliss-reactive ketones (excluding diaryl/α,β-unsaturated/α-hetero) is 1. The lowest BCUT2D eigenvalue weighted by Gasteiger charge is -2.20. The van der Waals surface area contributed by atoms with Crippen molar-refractivity contribution in [1.29, 1.82) is 0 Å². The predicted molar refractivity (Wildman–Crippen MR) is 67.6 cm³/mol. The molecule has 1 aromatic rings. The Labute approximate surface area is 103 Å². The van der Waals surface area contributed by atoms with Crippen LogP contribution in [-0.4, -0.2) is 20.5 Å². The van der Waals surface area contributed by atoms with Crippen molar-refractivity contribution in [2.45, 2.75) is 54.0 Å².